The van der Waals surface area contributed by atoms with Crippen molar-refractivity contribution in [2.24, 2.45) is 17.8 Å². The van der Waals surface area contributed by atoms with Gasteiger partial charge in [0.05, 0.1) is 29.4 Å². The van der Waals surface area contributed by atoms with E-state index in [2.05, 4.69) is 33.0 Å². The number of nitrogens with one attached hydrogen (secondary N) is 1. The van der Waals surface area contributed by atoms with Crippen molar-refractivity contribution in [3.05, 3.63) is 32.9 Å². The largest absolute Gasteiger partial charge is 0.493 e. The van der Waals surface area contributed by atoms with Gasteiger partial charge in [0.25, 0.3) is 0 Å². The number of unbranched alkanes of at least 4 members (excludes halogenated alkanes) is 3. The van der Waals surface area contributed by atoms with Gasteiger partial charge >= 0.3 is 0 Å². The van der Waals surface area contributed by atoms with Gasteiger partial charge < -0.3 is 34.6 Å². The van der Waals surface area contributed by atoms with Crippen LogP contribution >= 0.6 is 22.6 Å². The molecule has 3 rings (SSSR count). The number of carbonyl (C=O) groups is 3. The SMILES string of the molecule is CCCCCCN(C(=O)CO[C@H]1C[C@@H](C)CC[C@@H]1C(C)C)[C@@H]1CC(C(=O)NCCO)=C[C@H](Oc2c(I)cc(C=O)cc2OC)[C@H]1O. The molecule has 2 aliphatic rings. The van der Waals surface area contributed by atoms with Gasteiger partial charge in [-0.15, -0.1) is 0 Å². The van der Waals surface area contributed by atoms with E-state index >= 15 is 0 Å². The summed E-state index contributed by atoms with van der Waals surface area (Å²) in [5.41, 5.74) is 0.756. The Morgan fingerprint density at radius 3 is 2.61 bits per heavy atom. The topological polar surface area (TPSA) is 135 Å². The molecule has 0 bridgehead atoms. The second-order valence-corrected chi connectivity index (χ2v) is 14.2. The third-order valence-electron chi connectivity index (χ3n) is 9.21. The monoisotopic (exact) mass is 756 g/mol. The average molecular weight is 757 g/mol. The molecule has 0 aliphatic heterocycles. The van der Waals surface area contributed by atoms with E-state index in [0.29, 0.717) is 56.8 Å². The van der Waals surface area contributed by atoms with E-state index < -0.39 is 24.2 Å². The number of aliphatic hydroxyl groups is 2. The lowest BCUT2D eigenvalue weighted by Gasteiger charge is -2.41. The van der Waals surface area contributed by atoms with E-state index in [1.807, 2.05) is 22.6 Å². The molecule has 0 radical (unpaired) electrons. The third-order valence-corrected chi connectivity index (χ3v) is 10.0. The van der Waals surface area contributed by atoms with Gasteiger partial charge in [0, 0.05) is 30.6 Å². The van der Waals surface area contributed by atoms with Crippen LogP contribution in [0.3, 0.4) is 0 Å². The van der Waals surface area contributed by atoms with Gasteiger partial charge in [-0.05, 0) is 77.8 Å². The number of aliphatic hydroxyl groups excluding tert-OH is 2. The molecule has 6 atom stereocenters. The van der Waals surface area contributed by atoms with E-state index in [4.69, 9.17) is 14.2 Å². The molecule has 0 heterocycles. The summed E-state index contributed by atoms with van der Waals surface area (Å²) in [7, 11) is 1.46. The Balaban J connectivity index is 1.93. The summed E-state index contributed by atoms with van der Waals surface area (Å²) in [6.45, 7) is 8.91. The number of methoxy groups -OCH3 is 1. The Morgan fingerprint density at radius 2 is 1.96 bits per heavy atom. The van der Waals surface area contributed by atoms with E-state index in [-0.39, 0.29) is 38.2 Å². The Bertz CT molecular complexity index is 1190. The number of ether oxygens (including phenoxy) is 3. The lowest BCUT2D eigenvalue weighted by atomic mass is 9.75. The van der Waals surface area contributed by atoms with Crippen LogP contribution < -0.4 is 14.8 Å². The van der Waals surface area contributed by atoms with Crippen LogP contribution in [0.15, 0.2) is 23.8 Å². The van der Waals surface area contributed by atoms with Gasteiger partial charge in [-0.3, -0.25) is 14.4 Å². The first-order chi connectivity index (χ1) is 22.0. The highest BCUT2D eigenvalue weighted by molar-refractivity contribution is 14.1. The predicted molar refractivity (Wildman–Crippen MR) is 185 cm³/mol. The standard InChI is InChI=1S/C35H53IN2O8/c1-6-7-8-9-13-38(32(41)21-45-29-15-23(4)10-11-26(29)22(2)3)28-18-25(35(43)37-12-14-39)19-30(33(28)42)46-34-27(36)16-24(20-40)17-31(34)44-5/h16-17,19-20,22-23,26,28-30,33,39,42H,6-15,18,21H2,1-5H3,(H,37,43)/t23-,26+,28+,29-,30-,33-/m0/s1. The van der Waals surface area contributed by atoms with Gasteiger partial charge in [0.2, 0.25) is 11.8 Å². The molecule has 46 heavy (non-hydrogen) atoms. The van der Waals surface area contributed by atoms with E-state index in [1.165, 1.54) is 7.11 Å². The molecule has 1 aromatic carbocycles. The van der Waals surface area contributed by atoms with Crippen molar-refractivity contribution in [2.45, 2.75) is 103 Å². The van der Waals surface area contributed by atoms with Crippen LogP contribution in [0.25, 0.3) is 0 Å². The minimum Gasteiger partial charge on any atom is -0.493 e. The van der Waals surface area contributed by atoms with Crippen molar-refractivity contribution < 1.29 is 38.8 Å². The first-order valence-corrected chi connectivity index (χ1v) is 17.8. The molecule has 2 amide bonds. The minimum atomic E-state index is -1.17. The smallest absolute Gasteiger partial charge is 0.248 e. The normalized spacial score (nSPS) is 24.7. The molecule has 0 spiro atoms. The van der Waals surface area contributed by atoms with Crippen molar-refractivity contribution in [1.29, 1.82) is 0 Å². The third kappa shape index (κ3) is 10.4. The molecular formula is C35H53IN2O8. The van der Waals surface area contributed by atoms with Crippen LogP contribution in [0.4, 0.5) is 0 Å². The number of carbonyl (C=O) groups excluding carboxylic acids is 3. The second-order valence-electron chi connectivity index (χ2n) is 13.0. The maximum absolute atomic E-state index is 14.0. The highest BCUT2D eigenvalue weighted by atomic mass is 127. The summed E-state index contributed by atoms with van der Waals surface area (Å²) in [5, 5.41) is 23.9. The molecule has 0 saturated heterocycles. The number of nitrogens with zero attached hydrogens (tertiary/aromatic N) is 1. The summed E-state index contributed by atoms with van der Waals surface area (Å²) in [5.74, 6) is 1.37. The average Bonchev–Trinajstić information content (AvgIpc) is 3.04. The fraction of sp³-hybridized carbons (Fsp3) is 0.686. The van der Waals surface area contributed by atoms with Gasteiger partial charge in [-0.1, -0.05) is 53.4 Å². The van der Waals surface area contributed by atoms with Crippen LogP contribution in [-0.4, -0.2) is 91.0 Å². The van der Waals surface area contributed by atoms with Gasteiger partial charge in [0.1, 0.15) is 25.1 Å². The van der Waals surface area contributed by atoms with Crippen LogP contribution in [0, 0.1) is 21.3 Å². The molecule has 1 fully saturated rings. The molecular weight excluding hydrogens is 703 g/mol. The quantitative estimate of drug-likeness (QED) is 0.116. The van der Waals surface area contributed by atoms with Crippen LogP contribution in [0.2, 0.25) is 0 Å². The lowest BCUT2D eigenvalue weighted by molar-refractivity contribution is -0.148. The summed E-state index contributed by atoms with van der Waals surface area (Å²) < 4.78 is 18.8. The number of halogens is 1. The minimum absolute atomic E-state index is 0.00871. The fourth-order valence-electron chi connectivity index (χ4n) is 6.59. The summed E-state index contributed by atoms with van der Waals surface area (Å²) in [6, 6.07) is 2.44. The van der Waals surface area contributed by atoms with Gasteiger partial charge in [0.15, 0.2) is 11.5 Å². The summed E-state index contributed by atoms with van der Waals surface area (Å²) in [4.78, 5) is 40.4. The highest BCUT2D eigenvalue weighted by Crippen LogP contribution is 2.38. The van der Waals surface area contributed by atoms with Crippen LogP contribution in [0.1, 0.15) is 89.4 Å². The number of benzene rings is 1. The Hall–Kier alpha value is -2.22. The molecule has 2 aliphatic carbocycles. The lowest BCUT2D eigenvalue weighted by Crippen LogP contribution is -2.56. The first kappa shape index (κ1) is 38.2. The fourth-order valence-corrected chi connectivity index (χ4v) is 7.34. The van der Waals surface area contributed by atoms with E-state index in [0.717, 1.165) is 44.9 Å². The Morgan fingerprint density at radius 1 is 1.20 bits per heavy atom. The van der Waals surface area contributed by atoms with E-state index in [9.17, 15) is 24.6 Å². The summed E-state index contributed by atoms with van der Waals surface area (Å²) >= 11 is 2.04. The summed E-state index contributed by atoms with van der Waals surface area (Å²) in [6.07, 6.45) is 7.10. The van der Waals surface area contributed by atoms with Crippen molar-refractivity contribution in [1.82, 2.24) is 10.2 Å². The van der Waals surface area contributed by atoms with Gasteiger partial charge in [-0.25, -0.2) is 0 Å². The van der Waals surface area contributed by atoms with Crippen molar-refractivity contribution in [3.8, 4) is 11.5 Å². The van der Waals surface area contributed by atoms with Gasteiger partial charge in [-0.2, -0.15) is 0 Å². The van der Waals surface area contributed by atoms with Crippen LogP contribution in [-0.2, 0) is 14.3 Å². The number of amides is 2. The molecule has 3 N–H and O–H groups in total. The van der Waals surface area contributed by atoms with Crippen molar-refractivity contribution in [2.75, 3.05) is 33.4 Å². The molecule has 1 aromatic rings. The maximum atomic E-state index is 14.0. The molecule has 11 heteroatoms. The van der Waals surface area contributed by atoms with Crippen molar-refractivity contribution in [3.63, 3.8) is 0 Å². The predicted octanol–water partition coefficient (Wildman–Crippen LogP) is 4.91. The second kappa shape index (κ2) is 18.9. The molecule has 0 aromatic heterocycles. The highest BCUT2D eigenvalue weighted by Gasteiger charge is 2.41. The zero-order valence-corrected chi connectivity index (χ0v) is 30.2. The number of rotatable bonds is 17. The number of aldehydes is 1. The number of hydrogen-bond acceptors (Lipinski definition) is 8. The zero-order chi connectivity index (χ0) is 33.8. The molecule has 10 nitrogen and oxygen atoms in total. The van der Waals surface area contributed by atoms with Crippen molar-refractivity contribution >= 4 is 40.7 Å². The first-order valence-electron chi connectivity index (χ1n) is 16.7. The maximum Gasteiger partial charge on any atom is 0.248 e. The molecule has 1 saturated carbocycles. The number of hydrogen-bond donors (Lipinski definition) is 3. The van der Waals surface area contributed by atoms with Crippen LogP contribution in [0.5, 0.6) is 11.5 Å². The van der Waals surface area contributed by atoms with E-state index in [1.54, 1.807) is 23.1 Å². The molecule has 0 unspecified atom stereocenters. The zero-order valence-electron chi connectivity index (χ0n) is 28.0. The Kier molecular flexibility index (Phi) is 15.7. The molecule has 258 valence electrons. The Labute approximate surface area is 287 Å².